The fraction of sp³-hybridized carbons (Fsp3) is 0.286. The van der Waals surface area contributed by atoms with Crippen molar-refractivity contribution in [1.82, 2.24) is 15.1 Å². The van der Waals surface area contributed by atoms with Crippen molar-refractivity contribution in [3.8, 4) is 0 Å². The van der Waals surface area contributed by atoms with Crippen LogP contribution in [-0.4, -0.2) is 27.2 Å². The van der Waals surface area contributed by atoms with Crippen LogP contribution in [0.4, 0.5) is 18.9 Å². The molecule has 0 aliphatic rings. The summed E-state index contributed by atoms with van der Waals surface area (Å²) in [5.41, 5.74) is -0.663. The van der Waals surface area contributed by atoms with Crippen molar-refractivity contribution in [2.45, 2.75) is 19.6 Å². The number of amides is 1. The summed E-state index contributed by atoms with van der Waals surface area (Å²) in [6.45, 7) is 1.62. The van der Waals surface area contributed by atoms with Crippen molar-refractivity contribution in [3.63, 3.8) is 0 Å². The number of hydrogen-bond acceptors (Lipinski definition) is 4. The summed E-state index contributed by atoms with van der Waals surface area (Å²) < 4.78 is 38.3. The van der Waals surface area contributed by atoms with Crippen LogP contribution in [0.25, 0.3) is 0 Å². The first kappa shape index (κ1) is 17.4. The van der Waals surface area contributed by atoms with E-state index in [9.17, 15) is 28.1 Å². The summed E-state index contributed by atoms with van der Waals surface area (Å²) in [7, 11) is 0. The van der Waals surface area contributed by atoms with Crippen molar-refractivity contribution in [2.24, 2.45) is 0 Å². The third kappa shape index (κ3) is 4.09. The molecular formula is C14H13F3N4O3. The van der Waals surface area contributed by atoms with Crippen LogP contribution in [0.2, 0.25) is 0 Å². The van der Waals surface area contributed by atoms with Gasteiger partial charge < -0.3 is 5.32 Å². The average Bonchev–Trinajstić information content (AvgIpc) is 2.96. The molecule has 7 nitrogen and oxygen atoms in total. The number of aryl methyl sites for hydroxylation is 1. The number of rotatable bonds is 5. The van der Waals surface area contributed by atoms with E-state index < -0.39 is 22.7 Å². The first-order valence-electron chi connectivity index (χ1n) is 6.82. The molecular weight excluding hydrogens is 329 g/mol. The van der Waals surface area contributed by atoms with Gasteiger partial charge in [0.15, 0.2) is 5.69 Å². The van der Waals surface area contributed by atoms with Gasteiger partial charge in [-0.15, -0.1) is 0 Å². The highest BCUT2D eigenvalue weighted by molar-refractivity contribution is 5.94. The van der Waals surface area contributed by atoms with Crippen LogP contribution in [0.3, 0.4) is 0 Å². The first-order chi connectivity index (χ1) is 11.2. The molecule has 2 rings (SSSR count). The van der Waals surface area contributed by atoms with Crippen molar-refractivity contribution in [1.29, 1.82) is 0 Å². The van der Waals surface area contributed by atoms with Gasteiger partial charge in [0.1, 0.15) is 0 Å². The molecule has 0 unspecified atom stereocenters. The maximum Gasteiger partial charge on any atom is 0.435 e. The van der Waals surface area contributed by atoms with E-state index in [1.807, 2.05) is 0 Å². The van der Waals surface area contributed by atoms with E-state index in [1.54, 1.807) is 6.92 Å². The van der Waals surface area contributed by atoms with Gasteiger partial charge in [-0.3, -0.25) is 19.6 Å². The van der Waals surface area contributed by atoms with Gasteiger partial charge in [-0.1, -0.05) is 6.07 Å². The highest BCUT2D eigenvalue weighted by atomic mass is 19.4. The maximum absolute atomic E-state index is 12.4. The number of alkyl halides is 3. The molecule has 1 N–H and O–H groups in total. The number of nitro groups is 1. The molecule has 1 aromatic heterocycles. The lowest BCUT2D eigenvalue weighted by Crippen LogP contribution is -2.27. The van der Waals surface area contributed by atoms with Gasteiger partial charge in [0, 0.05) is 29.9 Å². The third-order valence-electron chi connectivity index (χ3n) is 3.23. The lowest BCUT2D eigenvalue weighted by molar-refractivity contribution is -0.385. The Balaban J connectivity index is 1.95. The average molecular weight is 342 g/mol. The fourth-order valence-corrected chi connectivity index (χ4v) is 1.97. The summed E-state index contributed by atoms with van der Waals surface area (Å²) in [4.78, 5) is 22.2. The molecule has 1 heterocycles. The molecule has 0 aliphatic carbocycles. The quantitative estimate of drug-likeness (QED) is 0.668. The molecule has 0 radical (unpaired) electrons. The molecule has 24 heavy (non-hydrogen) atoms. The summed E-state index contributed by atoms with van der Waals surface area (Å²) in [5, 5.41) is 16.7. The van der Waals surface area contributed by atoms with Gasteiger partial charge in [-0.05, 0) is 19.1 Å². The van der Waals surface area contributed by atoms with Gasteiger partial charge in [0.2, 0.25) is 0 Å². The van der Waals surface area contributed by atoms with Crippen LogP contribution < -0.4 is 5.32 Å². The maximum atomic E-state index is 12.4. The lowest BCUT2D eigenvalue weighted by Gasteiger charge is -2.06. The molecule has 0 spiro atoms. The molecule has 10 heteroatoms. The minimum absolute atomic E-state index is 0.0273. The molecule has 0 saturated carbocycles. The van der Waals surface area contributed by atoms with Crippen molar-refractivity contribution >= 4 is 11.6 Å². The van der Waals surface area contributed by atoms with E-state index >= 15 is 0 Å². The standard InChI is InChI=1S/C14H13F3N4O3/c1-9-2-3-10(8-11(9)21(23)24)13(22)18-5-7-20-6-4-12(19-20)14(15,16)17/h2-4,6,8H,5,7H2,1H3,(H,18,22). The number of aromatic nitrogens is 2. The molecule has 0 bridgehead atoms. The normalized spacial score (nSPS) is 11.3. The van der Waals surface area contributed by atoms with E-state index in [1.165, 1.54) is 12.1 Å². The first-order valence-corrected chi connectivity index (χ1v) is 6.82. The number of nitrogens with zero attached hydrogens (tertiary/aromatic N) is 3. The Labute approximate surface area is 134 Å². The predicted octanol–water partition coefficient (Wildman–Crippen LogP) is 2.55. The molecule has 128 valence electrons. The minimum atomic E-state index is -4.52. The monoisotopic (exact) mass is 342 g/mol. The lowest BCUT2D eigenvalue weighted by atomic mass is 10.1. The number of hydrogen-bond donors (Lipinski definition) is 1. The number of nitrogens with one attached hydrogen (secondary N) is 1. The van der Waals surface area contributed by atoms with Gasteiger partial charge in [-0.2, -0.15) is 18.3 Å². The number of nitro benzene ring substituents is 1. The van der Waals surface area contributed by atoms with Gasteiger partial charge in [-0.25, -0.2) is 0 Å². The van der Waals surface area contributed by atoms with Crippen LogP contribution in [0, 0.1) is 17.0 Å². The van der Waals surface area contributed by atoms with Crippen LogP contribution in [-0.2, 0) is 12.7 Å². The molecule has 0 aliphatic heterocycles. The molecule has 0 atom stereocenters. The fourth-order valence-electron chi connectivity index (χ4n) is 1.97. The van der Waals surface area contributed by atoms with Crippen LogP contribution in [0.5, 0.6) is 0 Å². The van der Waals surface area contributed by atoms with Crippen molar-refractivity contribution < 1.29 is 22.9 Å². The van der Waals surface area contributed by atoms with Crippen molar-refractivity contribution in [2.75, 3.05) is 6.54 Å². The Morgan fingerprint density at radius 1 is 1.38 bits per heavy atom. The van der Waals surface area contributed by atoms with Crippen LogP contribution in [0.1, 0.15) is 21.6 Å². The second-order valence-electron chi connectivity index (χ2n) is 4.98. The third-order valence-corrected chi connectivity index (χ3v) is 3.23. The minimum Gasteiger partial charge on any atom is -0.350 e. The SMILES string of the molecule is Cc1ccc(C(=O)NCCn2ccc(C(F)(F)F)n2)cc1[N+](=O)[O-]. The topological polar surface area (TPSA) is 90.1 Å². The molecule has 2 aromatic rings. The van der Waals surface area contributed by atoms with E-state index in [4.69, 9.17) is 0 Å². The van der Waals surface area contributed by atoms with Gasteiger partial charge in [0.25, 0.3) is 11.6 Å². The predicted molar refractivity (Wildman–Crippen MR) is 77.4 cm³/mol. The van der Waals surface area contributed by atoms with E-state index in [-0.39, 0.29) is 24.3 Å². The van der Waals surface area contributed by atoms with E-state index in [0.717, 1.165) is 23.0 Å². The van der Waals surface area contributed by atoms with E-state index in [0.29, 0.717) is 5.56 Å². The largest absolute Gasteiger partial charge is 0.435 e. The number of halogens is 3. The molecule has 0 fully saturated rings. The summed E-state index contributed by atoms with van der Waals surface area (Å²) in [5.74, 6) is -0.554. The van der Waals surface area contributed by atoms with Gasteiger partial charge in [0.05, 0.1) is 11.5 Å². The second kappa shape index (κ2) is 6.69. The second-order valence-corrected chi connectivity index (χ2v) is 4.98. The van der Waals surface area contributed by atoms with Crippen molar-refractivity contribution in [3.05, 3.63) is 57.4 Å². The number of benzene rings is 1. The van der Waals surface area contributed by atoms with Gasteiger partial charge >= 0.3 is 6.18 Å². The Hall–Kier alpha value is -2.91. The smallest absolute Gasteiger partial charge is 0.350 e. The van der Waals surface area contributed by atoms with Crippen LogP contribution >= 0.6 is 0 Å². The Morgan fingerprint density at radius 2 is 2.08 bits per heavy atom. The zero-order valence-electron chi connectivity index (χ0n) is 12.5. The Bertz CT molecular complexity index is 771. The Morgan fingerprint density at radius 3 is 2.67 bits per heavy atom. The number of carbonyl (C=O) groups is 1. The Kier molecular flexibility index (Phi) is 4.86. The van der Waals surface area contributed by atoms with Crippen LogP contribution in [0.15, 0.2) is 30.5 Å². The van der Waals surface area contributed by atoms with E-state index in [2.05, 4.69) is 10.4 Å². The summed E-state index contributed by atoms with van der Waals surface area (Å²) in [6, 6.07) is 4.88. The highest BCUT2D eigenvalue weighted by Crippen LogP contribution is 2.27. The highest BCUT2D eigenvalue weighted by Gasteiger charge is 2.33. The zero-order valence-corrected chi connectivity index (χ0v) is 12.5. The molecule has 1 aromatic carbocycles. The zero-order chi connectivity index (χ0) is 17.9. The molecule has 1 amide bonds. The molecule has 0 saturated heterocycles. The summed E-state index contributed by atoms with van der Waals surface area (Å²) >= 11 is 0. The summed E-state index contributed by atoms with van der Waals surface area (Å²) in [6.07, 6.45) is -3.36. The number of carbonyl (C=O) groups excluding carboxylic acids is 1.